The number of tetrazole rings is 1. The lowest BCUT2D eigenvalue weighted by atomic mass is 9.75. The van der Waals surface area contributed by atoms with Crippen molar-refractivity contribution in [2.75, 3.05) is 11.9 Å². The molecule has 0 radical (unpaired) electrons. The van der Waals surface area contributed by atoms with Gasteiger partial charge in [-0.2, -0.15) is 4.68 Å². The van der Waals surface area contributed by atoms with Crippen LogP contribution in [0.4, 0.5) is 5.69 Å². The van der Waals surface area contributed by atoms with Crippen molar-refractivity contribution in [1.29, 1.82) is 0 Å². The van der Waals surface area contributed by atoms with Crippen LogP contribution >= 0.6 is 27.5 Å². The molecule has 0 fully saturated rings. The van der Waals surface area contributed by atoms with E-state index in [-0.39, 0.29) is 18.0 Å². The number of halogens is 2. The number of aromatic nitrogens is 4. The second kappa shape index (κ2) is 11.3. The molecular weight excluding hydrogens is 612 g/mol. The van der Waals surface area contributed by atoms with Crippen LogP contribution in [0.15, 0.2) is 77.5 Å². The standard InChI is InChI=1S/C29H24BrClN6O4/c1-29(2)15-36(25(38)12-5-18-13-20(31)7-11-24(18)37-16-32-34-35-37)26(22-14-19(30)6-10-23(22)29)27(39)33-21-8-3-17(4-9-21)28(40)41/h3-14,16,26H,15H2,1-2H3,(H,33,39)(H,40,41). The largest absolute Gasteiger partial charge is 0.478 e. The monoisotopic (exact) mass is 634 g/mol. The van der Waals surface area contributed by atoms with Crippen molar-refractivity contribution in [3.8, 4) is 5.69 Å². The van der Waals surface area contributed by atoms with Crippen molar-refractivity contribution in [2.24, 2.45) is 0 Å². The van der Waals surface area contributed by atoms with Gasteiger partial charge in [-0.1, -0.05) is 47.4 Å². The van der Waals surface area contributed by atoms with Gasteiger partial charge in [0.05, 0.1) is 11.3 Å². The van der Waals surface area contributed by atoms with Crippen LogP contribution in [0.25, 0.3) is 11.8 Å². The molecular formula is C29H24BrClN6O4. The number of anilines is 1. The van der Waals surface area contributed by atoms with Crippen LogP contribution < -0.4 is 5.32 Å². The Morgan fingerprint density at radius 1 is 1.10 bits per heavy atom. The highest BCUT2D eigenvalue weighted by molar-refractivity contribution is 9.10. The molecule has 2 amide bonds. The van der Waals surface area contributed by atoms with Crippen molar-refractivity contribution in [3.63, 3.8) is 0 Å². The summed E-state index contributed by atoms with van der Waals surface area (Å²) in [4.78, 5) is 40.4. The molecule has 2 heterocycles. The van der Waals surface area contributed by atoms with Crippen LogP contribution in [0.1, 0.15) is 46.9 Å². The molecule has 1 aliphatic heterocycles. The zero-order chi connectivity index (χ0) is 29.3. The Balaban J connectivity index is 1.51. The molecule has 41 heavy (non-hydrogen) atoms. The van der Waals surface area contributed by atoms with Gasteiger partial charge in [0.1, 0.15) is 12.4 Å². The van der Waals surface area contributed by atoms with Crippen LogP contribution in [-0.2, 0) is 15.0 Å². The minimum Gasteiger partial charge on any atom is -0.478 e. The maximum absolute atomic E-state index is 13.8. The molecule has 2 N–H and O–H groups in total. The highest BCUT2D eigenvalue weighted by atomic mass is 79.9. The van der Waals surface area contributed by atoms with Gasteiger partial charge < -0.3 is 15.3 Å². The highest BCUT2D eigenvalue weighted by Gasteiger charge is 2.42. The number of carbonyl (C=O) groups is 3. The number of carbonyl (C=O) groups excluding carboxylic acids is 2. The Labute approximate surface area is 248 Å². The smallest absolute Gasteiger partial charge is 0.335 e. The Kier molecular flexibility index (Phi) is 7.74. The zero-order valence-corrected chi connectivity index (χ0v) is 24.3. The molecule has 1 atom stereocenters. The summed E-state index contributed by atoms with van der Waals surface area (Å²) < 4.78 is 2.23. The molecule has 0 aliphatic carbocycles. The van der Waals surface area contributed by atoms with E-state index >= 15 is 0 Å². The summed E-state index contributed by atoms with van der Waals surface area (Å²) in [5.41, 5.74) is 2.93. The van der Waals surface area contributed by atoms with Gasteiger partial charge >= 0.3 is 5.97 Å². The Morgan fingerprint density at radius 3 is 2.54 bits per heavy atom. The van der Waals surface area contributed by atoms with E-state index in [1.54, 1.807) is 24.3 Å². The number of hydrogen-bond acceptors (Lipinski definition) is 6. The first-order valence-corrected chi connectivity index (χ1v) is 13.7. The van der Waals surface area contributed by atoms with E-state index in [2.05, 4.69) is 36.8 Å². The van der Waals surface area contributed by atoms with Crippen LogP contribution in [0, 0.1) is 0 Å². The number of nitrogens with one attached hydrogen (secondary N) is 1. The first kappa shape index (κ1) is 28.2. The quantitative estimate of drug-likeness (QED) is 0.275. The van der Waals surface area contributed by atoms with Crippen LogP contribution in [0.2, 0.25) is 5.02 Å². The predicted octanol–water partition coefficient (Wildman–Crippen LogP) is 5.29. The topological polar surface area (TPSA) is 130 Å². The minimum atomic E-state index is -1.07. The van der Waals surface area contributed by atoms with E-state index in [0.29, 0.717) is 27.5 Å². The first-order chi connectivity index (χ1) is 19.5. The number of rotatable bonds is 6. The third-order valence-electron chi connectivity index (χ3n) is 6.84. The lowest BCUT2D eigenvalue weighted by Gasteiger charge is -2.44. The Hall–Kier alpha value is -4.35. The van der Waals surface area contributed by atoms with E-state index in [1.807, 2.05) is 32.0 Å². The molecule has 4 aromatic rings. The van der Waals surface area contributed by atoms with E-state index in [1.165, 1.54) is 46.3 Å². The number of amides is 2. The van der Waals surface area contributed by atoms with Crippen molar-refractivity contribution < 1.29 is 19.5 Å². The van der Waals surface area contributed by atoms with Gasteiger partial charge in [-0.15, -0.1) is 5.10 Å². The number of nitrogens with zero attached hydrogens (tertiary/aromatic N) is 5. The lowest BCUT2D eigenvalue weighted by Crippen LogP contribution is -2.51. The van der Waals surface area contributed by atoms with Gasteiger partial charge in [0.25, 0.3) is 5.91 Å². The van der Waals surface area contributed by atoms with Gasteiger partial charge in [-0.3, -0.25) is 9.59 Å². The van der Waals surface area contributed by atoms with Crippen molar-refractivity contribution >= 4 is 57.1 Å². The van der Waals surface area contributed by atoms with Crippen LogP contribution in [0.5, 0.6) is 0 Å². The van der Waals surface area contributed by atoms with Gasteiger partial charge in [-0.25, -0.2) is 4.79 Å². The number of carboxylic acids is 1. The molecule has 1 aliphatic rings. The summed E-state index contributed by atoms with van der Waals surface area (Å²) in [5.74, 6) is -1.88. The summed E-state index contributed by atoms with van der Waals surface area (Å²) in [6, 6.07) is 15.8. The van der Waals surface area contributed by atoms with E-state index in [4.69, 9.17) is 11.6 Å². The Morgan fingerprint density at radius 2 is 1.85 bits per heavy atom. The first-order valence-electron chi connectivity index (χ1n) is 12.5. The third kappa shape index (κ3) is 5.91. The summed E-state index contributed by atoms with van der Waals surface area (Å²) in [7, 11) is 0. The van der Waals surface area contributed by atoms with Crippen molar-refractivity contribution in [2.45, 2.75) is 25.3 Å². The van der Waals surface area contributed by atoms with E-state index in [0.717, 1.165) is 10.0 Å². The fourth-order valence-electron chi connectivity index (χ4n) is 4.94. The van der Waals surface area contributed by atoms with Gasteiger partial charge in [0, 0.05) is 38.8 Å². The fraction of sp³-hybridized carbons (Fsp3) is 0.172. The van der Waals surface area contributed by atoms with Crippen molar-refractivity contribution in [3.05, 3.63) is 105 Å². The molecule has 208 valence electrons. The number of benzene rings is 3. The lowest BCUT2D eigenvalue weighted by molar-refractivity contribution is -0.136. The SMILES string of the molecule is CC1(C)CN(C(=O)C=Cc2cc(Cl)ccc2-n2cnnn2)C(C(=O)Nc2ccc(C(=O)O)cc2)c2cc(Br)ccc21. The molecule has 0 spiro atoms. The molecule has 1 unspecified atom stereocenters. The van der Waals surface area contributed by atoms with E-state index in [9.17, 15) is 19.5 Å². The molecule has 0 saturated heterocycles. The second-order valence-corrected chi connectivity index (χ2v) is 11.5. The maximum Gasteiger partial charge on any atom is 0.335 e. The van der Waals surface area contributed by atoms with E-state index < -0.39 is 23.3 Å². The molecule has 3 aromatic carbocycles. The molecule has 1 aromatic heterocycles. The molecule has 0 bridgehead atoms. The second-order valence-electron chi connectivity index (χ2n) is 10.1. The zero-order valence-electron chi connectivity index (χ0n) is 22.0. The van der Waals surface area contributed by atoms with Crippen molar-refractivity contribution in [1.82, 2.24) is 25.1 Å². The predicted molar refractivity (Wildman–Crippen MR) is 157 cm³/mol. The molecule has 10 nitrogen and oxygen atoms in total. The number of hydrogen-bond donors (Lipinski definition) is 2. The average Bonchev–Trinajstić information content (AvgIpc) is 3.46. The number of aromatic carboxylic acids is 1. The summed E-state index contributed by atoms with van der Waals surface area (Å²) in [6.07, 6.45) is 4.46. The summed E-state index contributed by atoms with van der Waals surface area (Å²) >= 11 is 9.75. The summed E-state index contributed by atoms with van der Waals surface area (Å²) in [5, 5.41) is 23.8. The average molecular weight is 636 g/mol. The molecule has 12 heteroatoms. The minimum absolute atomic E-state index is 0.0979. The van der Waals surface area contributed by atoms with Crippen LogP contribution in [0.3, 0.4) is 0 Å². The maximum atomic E-state index is 13.8. The fourth-order valence-corrected chi connectivity index (χ4v) is 5.50. The summed E-state index contributed by atoms with van der Waals surface area (Å²) in [6.45, 7) is 4.32. The molecule has 0 saturated carbocycles. The highest BCUT2D eigenvalue weighted by Crippen LogP contribution is 2.41. The normalized spacial score (nSPS) is 15.9. The number of fused-ring (bicyclic) bond motifs is 1. The van der Waals surface area contributed by atoms with Gasteiger partial charge in [0.15, 0.2) is 0 Å². The number of carboxylic acid groups (broad SMARTS) is 1. The van der Waals surface area contributed by atoms with Crippen LogP contribution in [-0.4, -0.2) is 54.5 Å². The Bertz CT molecular complexity index is 1670. The van der Waals surface area contributed by atoms with Gasteiger partial charge in [-0.05, 0) is 82.2 Å². The molecule has 5 rings (SSSR count). The third-order valence-corrected chi connectivity index (χ3v) is 7.56. The van der Waals surface area contributed by atoms with Gasteiger partial charge in [0.2, 0.25) is 5.91 Å².